The van der Waals surface area contributed by atoms with Gasteiger partial charge in [0.1, 0.15) is 17.0 Å². The summed E-state index contributed by atoms with van der Waals surface area (Å²) < 4.78 is 1.99. The van der Waals surface area contributed by atoms with Crippen LogP contribution < -0.4 is 11.1 Å². The first-order valence-electron chi connectivity index (χ1n) is 10.6. The number of fused-ring (bicyclic) bond motifs is 1. The molecule has 4 aromatic heterocycles. The molecule has 0 unspecified atom stereocenters. The van der Waals surface area contributed by atoms with Crippen LogP contribution in [0.25, 0.3) is 28.3 Å². The molecule has 0 saturated heterocycles. The second-order valence-corrected chi connectivity index (χ2v) is 8.54. The predicted octanol–water partition coefficient (Wildman–Crippen LogP) is 2.50. The Morgan fingerprint density at radius 2 is 2.03 bits per heavy atom. The number of nitrogens with two attached hydrogens (primary N) is 1. The normalized spacial score (nSPS) is 18.1. The molecule has 164 valence electrons. The standard InChI is InChI=1S/C23H26N8O/c1-13-11-26-18-7-6-14(12-31(13)18)19-20(17-5-4-8-25-17)29-22(24)21(28-19)23(32)27-15-9-16(10-15)30(2)3/h4-8,11-12,15-16,25H,9-10H2,1-3H3,(H2,24,29)(H,27,32). The first kappa shape index (κ1) is 20.2. The van der Waals surface area contributed by atoms with Crippen molar-refractivity contribution in [2.45, 2.75) is 31.8 Å². The Labute approximate surface area is 185 Å². The number of hydrogen-bond donors (Lipinski definition) is 3. The van der Waals surface area contributed by atoms with Crippen molar-refractivity contribution < 1.29 is 4.79 Å². The van der Waals surface area contributed by atoms with E-state index in [1.54, 1.807) is 0 Å². The predicted molar refractivity (Wildman–Crippen MR) is 123 cm³/mol. The summed E-state index contributed by atoms with van der Waals surface area (Å²) >= 11 is 0. The zero-order valence-electron chi connectivity index (χ0n) is 18.3. The first-order chi connectivity index (χ1) is 15.4. The van der Waals surface area contributed by atoms with Gasteiger partial charge in [-0.1, -0.05) is 0 Å². The SMILES string of the molecule is Cc1cnc2ccc(-c3nc(C(=O)NC4CC(N(C)C)C4)c(N)nc3-c3ccc[nH]3)cn12. The van der Waals surface area contributed by atoms with Gasteiger partial charge in [-0.3, -0.25) is 4.79 Å². The Balaban J connectivity index is 1.54. The number of pyridine rings is 1. The lowest BCUT2D eigenvalue weighted by molar-refractivity contribution is 0.0850. The summed E-state index contributed by atoms with van der Waals surface area (Å²) in [6.07, 6.45) is 7.42. The lowest BCUT2D eigenvalue weighted by atomic mass is 9.86. The van der Waals surface area contributed by atoms with Crippen LogP contribution in [-0.4, -0.2) is 61.3 Å². The molecule has 4 heterocycles. The fourth-order valence-electron chi connectivity index (χ4n) is 4.11. The highest BCUT2D eigenvalue weighted by Crippen LogP contribution is 2.31. The van der Waals surface area contributed by atoms with Gasteiger partial charge in [0.2, 0.25) is 0 Å². The number of carbonyl (C=O) groups excluding carboxylic acids is 1. The number of nitrogens with one attached hydrogen (secondary N) is 2. The quantitative estimate of drug-likeness (QED) is 0.448. The van der Waals surface area contributed by atoms with Crippen molar-refractivity contribution in [1.82, 2.24) is 34.6 Å². The first-order valence-corrected chi connectivity index (χ1v) is 10.6. The summed E-state index contributed by atoms with van der Waals surface area (Å²) in [7, 11) is 4.10. The zero-order chi connectivity index (χ0) is 22.4. The van der Waals surface area contributed by atoms with Crippen molar-refractivity contribution in [1.29, 1.82) is 0 Å². The van der Waals surface area contributed by atoms with Crippen molar-refractivity contribution in [2.75, 3.05) is 19.8 Å². The number of hydrogen-bond acceptors (Lipinski definition) is 6. The number of aromatic amines is 1. The molecular formula is C23H26N8O. The largest absolute Gasteiger partial charge is 0.382 e. The zero-order valence-corrected chi connectivity index (χ0v) is 18.3. The van der Waals surface area contributed by atoms with Crippen LogP contribution in [0, 0.1) is 6.92 Å². The number of nitrogen functional groups attached to an aromatic ring is 1. The second kappa shape index (κ2) is 7.76. The summed E-state index contributed by atoms with van der Waals surface area (Å²) in [4.78, 5) is 32.1. The van der Waals surface area contributed by atoms with Crippen molar-refractivity contribution >= 4 is 17.4 Å². The Morgan fingerprint density at radius 1 is 1.22 bits per heavy atom. The molecule has 5 rings (SSSR count). The van der Waals surface area contributed by atoms with Crippen molar-refractivity contribution in [3.63, 3.8) is 0 Å². The van der Waals surface area contributed by atoms with E-state index in [4.69, 9.17) is 10.7 Å². The van der Waals surface area contributed by atoms with Gasteiger partial charge in [-0.05, 0) is 58.1 Å². The highest BCUT2D eigenvalue weighted by Gasteiger charge is 2.32. The van der Waals surface area contributed by atoms with E-state index in [-0.39, 0.29) is 23.5 Å². The molecular weight excluding hydrogens is 404 g/mol. The summed E-state index contributed by atoms with van der Waals surface area (Å²) in [5, 5.41) is 3.05. The lowest BCUT2D eigenvalue weighted by Crippen LogP contribution is -2.52. The van der Waals surface area contributed by atoms with Crippen LogP contribution >= 0.6 is 0 Å². The fraction of sp³-hybridized carbons (Fsp3) is 0.304. The van der Waals surface area contributed by atoms with E-state index in [0.29, 0.717) is 17.4 Å². The van der Waals surface area contributed by atoms with Gasteiger partial charge in [-0.25, -0.2) is 15.0 Å². The number of anilines is 1. The third-order valence-corrected chi connectivity index (χ3v) is 6.13. The molecule has 0 radical (unpaired) electrons. The smallest absolute Gasteiger partial charge is 0.273 e. The molecule has 4 N–H and O–H groups in total. The Kier molecular flexibility index (Phi) is 4.90. The van der Waals surface area contributed by atoms with Crippen molar-refractivity contribution in [3.05, 3.63) is 54.2 Å². The van der Waals surface area contributed by atoms with Crippen LogP contribution in [0.3, 0.4) is 0 Å². The molecule has 1 aliphatic carbocycles. The van der Waals surface area contributed by atoms with Crippen LogP contribution in [0.5, 0.6) is 0 Å². The fourth-order valence-corrected chi connectivity index (χ4v) is 4.11. The van der Waals surface area contributed by atoms with E-state index in [0.717, 1.165) is 35.4 Å². The van der Waals surface area contributed by atoms with E-state index < -0.39 is 0 Å². The minimum Gasteiger partial charge on any atom is -0.382 e. The van der Waals surface area contributed by atoms with Gasteiger partial charge in [0.05, 0.1) is 5.69 Å². The number of H-pyrrole nitrogens is 1. The Morgan fingerprint density at radius 3 is 2.75 bits per heavy atom. The molecule has 1 aliphatic rings. The average molecular weight is 431 g/mol. The minimum atomic E-state index is -0.295. The number of aromatic nitrogens is 5. The van der Waals surface area contributed by atoms with E-state index in [1.807, 2.05) is 54.2 Å². The molecule has 9 heteroatoms. The van der Waals surface area contributed by atoms with Crippen LogP contribution in [0.15, 0.2) is 42.9 Å². The molecule has 4 aromatic rings. The maximum Gasteiger partial charge on any atom is 0.273 e. The molecule has 1 fully saturated rings. The molecule has 0 aromatic carbocycles. The molecule has 1 saturated carbocycles. The van der Waals surface area contributed by atoms with Gasteiger partial charge < -0.3 is 25.3 Å². The molecule has 0 bridgehead atoms. The summed E-state index contributed by atoms with van der Waals surface area (Å²) in [5.74, 6) is -0.185. The number of amides is 1. The van der Waals surface area contributed by atoms with Gasteiger partial charge >= 0.3 is 0 Å². The van der Waals surface area contributed by atoms with E-state index in [1.165, 1.54) is 0 Å². The third kappa shape index (κ3) is 3.50. The van der Waals surface area contributed by atoms with Crippen LogP contribution in [0.4, 0.5) is 5.82 Å². The molecule has 0 spiro atoms. The molecule has 32 heavy (non-hydrogen) atoms. The Hall–Kier alpha value is -3.72. The van der Waals surface area contributed by atoms with Gasteiger partial charge in [0, 0.05) is 41.9 Å². The van der Waals surface area contributed by atoms with Crippen LogP contribution in [0.2, 0.25) is 0 Å². The number of carbonyl (C=O) groups is 1. The second-order valence-electron chi connectivity index (χ2n) is 8.54. The van der Waals surface area contributed by atoms with Crippen molar-refractivity contribution in [2.24, 2.45) is 0 Å². The highest BCUT2D eigenvalue weighted by atomic mass is 16.2. The molecule has 0 atom stereocenters. The van der Waals surface area contributed by atoms with Crippen molar-refractivity contribution in [3.8, 4) is 22.6 Å². The number of imidazole rings is 1. The van der Waals surface area contributed by atoms with Gasteiger partial charge in [0.25, 0.3) is 5.91 Å². The number of nitrogens with zero attached hydrogens (tertiary/aromatic N) is 5. The van der Waals surface area contributed by atoms with Crippen LogP contribution in [-0.2, 0) is 0 Å². The van der Waals surface area contributed by atoms with E-state index in [2.05, 4.69) is 39.3 Å². The molecule has 1 amide bonds. The van der Waals surface area contributed by atoms with E-state index in [9.17, 15) is 4.79 Å². The third-order valence-electron chi connectivity index (χ3n) is 6.13. The number of aryl methyl sites for hydroxylation is 1. The van der Waals surface area contributed by atoms with Crippen LogP contribution in [0.1, 0.15) is 29.0 Å². The summed E-state index contributed by atoms with van der Waals surface area (Å²) in [6.45, 7) is 1.99. The Bertz CT molecular complexity index is 1290. The van der Waals surface area contributed by atoms with Gasteiger partial charge in [-0.2, -0.15) is 0 Å². The molecule has 9 nitrogen and oxygen atoms in total. The average Bonchev–Trinajstić information content (AvgIpc) is 3.40. The monoisotopic (exact) mass is 430 g/mol. The van der Waals surface area contributed by atoms with Gasteiger partial charge in [0.15, 0.2) is 11.5 Å². The maximum atomic E-state index is 13.0. The van der Waals surface area contributed by atoms with E-state index >= 15 is 0 Å². The lowest BCUT2D eigenvalue weighted by Gasteiger charge is -2.39. The summed E-state index contributed by atoms with van der Waals surface area (Å²) in [5.41, 5.74) is 11.0. The molecule has 0 aliphatic heterocycles. The summed E-state index contributed by atoms with van der Waals surface area (Å²) in [6, 6.07) is 8.26. The minimum absolute atomic E-state index is 0.110. The number of rotatable bonds is 5. The van der Waals surface area contributed by atoms with Gasteiger partial charge in [-0.15, -0.1) is 0 Å². The topological polar surface area (TPSA) is 117 Å². The highest BCUT2D eigenvalue weighted by molar-refractivity contribution is 5.98. The maximum absolute atomic E-state index is 13.0.